The summed E-state index contributed by atoms with van der Waals surface area (Å²) in [5.41, 5.74) is 0.218. The third-order valence-electron chi connectivity index (χ3n) is 3.27. The molecule has 1 unspecified atom stereocenters. The number of carbonyl (C=O) groups excluding carboxylic acids is 2. The molecule has 0 radical (unpaired) electrons. The van der Waals surface area contributed by atoms with Gasteiger partial charge in [0.1, 0.15) is 5.76 Å². The zero-order valence-corrected chi connectivity index (χ0v) is 16.1. The lowest BCUT2D eigenvalue weighted by atomic mass is 10.3. The Bertz CT molecular complexity index is 908. The van der Waals surface area contributed by atoms with Gasteiger partial charge in [-0.1, -0.05) is 17.3 Å². The van der Waals surface area contributed by atoms with Gasteiger partial charge in [-0.05, 0) is 26.0 Å². The molecule has 1 aromatic heterocycles. The molecule has 2 aromatic rings. The molecule has 0 aliphatic carbocycles. The normalized spacial score (nSPS) is 12.4. The van der Waals surface area contributed by atoms with E-state index in [2.05, 4.69) is 15.8 Å². The molecular weight excluding hydrogens is 378 g/mol. The third-order valence-corrected chi connectivity index (χ3v) is 5.57. The molecule has 2 N–H and O–H groups in total. The Morgan fingerprint density at radius 2 is 1.96 bits per heavy atom. The van der Waals surface area contributed by atoms with Crippen LogP contribution in [0.25, 0.3) is 0 Å². The Morgan fingerprint density at radius 1 is 1.27 bits per heavy atom. The molecule has 1 aromatic carbocycles. The molecule has 10 heteroatoms. The number of rotatable bonds is 7. The molecule has 0 saturated heterocycles. The molecule has 26 heavy (non-hydrogen) atoms. The number of hydrogen-bond acceptors (Lipinski definition) is 7. The Hall–Kier alpha value is -2.33. The number of nitrogens with one attached hydrogen (secondary N) is 2. The molecule has 2 rings (SSSR count). The van der Waals surface area contributed by atoms with Crippen molar-refractivity contribution in [2.75, 3.05) is 22.6 Å². The SMILES string of the molecule is Cc1cc(NC(=O)C(C)SCC(=O)Nc2ccccc2S(C)(=O)=O)no1. The van der Waals surface area contributed by atoms with Crippen LogP contribution < -0.4 is 10.6 Å². The van der Waals surface area contributed by atoms with Crippen LogP contribution in [-0.2, 0) is 19.4 Å². The van der Waals surface area contributed by atoms with Gasteiger partial charge in [-0.25, -0.2) is 8.42 Å². The van der Waals surface area contributed by atoms with E-state index in [0.717, 1.165) is 18.0 Å². The van der Waals surface area contributed by atoms with Crippen molar-refractivity contribution in [3.05, 3.63) is 36.1 Å². The summed E-state index contributed by atoms with van der Waals surface area (Å²) in [6.45, 7) is 3.37. The van der Waals surface area contributed by atoms with Gasteiger partial charge in [0.2, 0.25) is 11.8 Å². The van der Waals surface area contributed by atoms with Crippen LogP contribution in [0.2, 0.25) is 0 Å². The maximum absolute atomic E-state index is 12.1. The first-order chi connectivity index (χ1) is 12.2. The van der Waals surface area contributed by atoms with Crippen LogP contribution in [0, 0.1) is 6.92 Å². The van der Waals surface area contributed by atoms with Gasteiger partial charge in [-0.15, -0.1) is 11.8 Å². The topological polar surface area (TPSA) is 118 Å². The third kappa shape index (κ3) is 5.60. The van der Waals surface area contributed by atoms with E-state index in [-0.39, 0.29) is 22.2 Å². The highest BCUT2D eigenvalue weighted by Crippen LogP contribution is 2.21. The Balaban J connectivity index is 1.90. The van der Waals surface area contributed by atoms with E-state index >= 15 is 0 Å². The summed E-state index contributed by atoms with van der Waals surface area (Å²) in [6, 6.07) is 7.74. The second kappa shape index (κ2) is 8.37. The lowest BCUT2D eigenvalue weighted by molar-refractivity contribution is -0.115. The highest BCUT2D eigenvalue weighted by Gasteiger charge is 2.18. The van der Waals surface area contributed by atoms with Crippen molar-refractivity contribution >= 4 is 44.9 Å². The van der Waals surface area contributed by atoms with Crippen molar-refractivity contribution in [2.24, 2.45) is 0 Å². The summed E-state index contributed by atoms with van der Waals surface area (Å²) >= 11 is 1.12. The van der Waals surface area contributed by atoms with Crippen LogP contribution in [0.5, 0.6) is 0 Å². The van der Waals surface area contributed by atoms with Crippen LogP contribution in [0.4, 0.5) is 11.5 Å². The molecule has 2 amide bonds. The summed E-state index contributed by atoms with van der Waals surface area (Å²) in [4.78, 5) is 24.2. The highest BCUT2D eigenvalue weighted by molar-refractivity contribution is 8.01. The summed E-state index contributed by atoms with van der Waals surface area (Å²) in [7, 11) is -3.46. The van der Waals surface area contributed by atoms with E-state index < -0.39 is 21.0 Å². The first-order valence-electron chi connectivity index (χ1n) is 7.61. The van der Waals surface area contributed by atoms with E-state index in [1.165, 1.54) is 12.1 Å². The molecule has 1 atom stereocenters. The number of benzene rings is 1. The Labute approximate surface area is 155 Å². The van der Waals surface area contributed by atoms with Gasteiger partial charge < -0.3 is 15.2 Å². The van der Waals surface area contributed by atoms with E-state index in [1.54, 1.807) is 32.0 Å². The average Bonchev–Trinajstić information content (AvgIpc) is 2.97. The predicted molar refractivity (Wildman–Crippen MR) is 100.0 cm³/mol. The largest absolute Gasteiger partial charge is 0.360 e. The Kier molecular flexibility index (Phi) is 6.43. The van der Waals surface area contributed by atoms with Gasteiger partial charge in [0.05, 0.1) is 21.6 Å². The van der Waals surface area contributed by atoms with Crippen molar-refractivity contribution in [3.63, 3.8) is 0 Å². The van der Waals surface area contributed by atoms with E-state index in [4.69, 9.17) is 4.52 Å². The number of para-hydroxylation sites is 1. The number of aryl methyl sites for hydroxylation is 1. The minimum Gasteiger partial charge on any atom is -0.360 e. The summed E-state index contributed by atoms with van der Waals surface area (Å²) in [5, 5.41) is 8.31. The van der Waals surface area contributed by atoms with Crippen molar-refractivity contribution < 1.29 is 22.5 Å². The number of amides is 2. The van der Waals surface area contributed by atoms with Crippen molar-refractivity contribution in [1.29, 1.82) is 0 Å². The summed E-state index contributed by atoms with van der Waals surface area (Å²) in [6.07, 6.45) is 1.07. The first kappa shape index (κ1) is 20.0. The van der Waals surface area contributed by atoms with E-state index in [0.29, 0.717) is 11.6 Å². The maximum Gasteiger partial charge on any atom is 0.238 e. The molecule has 0 aliphatic heterocycles. The summed E-state index contributed by atoms with van der Waals surface area (Å²) < 4.78 is 28.3. The monoisotopic (exact) mass is 397 g/mol. The van der Waals surface area contributed by atoms with Gasteiger partial charge in [0, 0.05) is 12.3 Å². The number of anilines is 2. The number of hydrogen-bond donors (Lipinski definition) is 2. The van der Waals surface area contributed by atoms with Gasteiger partial charge in [0.25, 0.3) is 0 Å². The smallest absolute Gasteiger partial charge is 0.238 e. The van der Waals surface area contributed by atoms with Gasteiger partial charge in [-0.3, -0.25) is 9.59 Å². The number of aromatic nitrogens is 1. The lowest BCUT2D eigenvalue weighted by Gasteiger charge is -2.12. The van der Waals surface area contributed by atoms with Crippen LogP contribution in [0.1, 0.15) is 12.7 Å². The molecule has 0 bridgehead atoms. The maximum atomic E-state index is 12.1. The Morgan fingerprint density at radius 3 is 2.58 bits per heavy atom. The molecule has 8 nitrogen and oxygen atoms in total. The fourth-order valence-corrected chi connectivity index (χ4v) is 3.54. The summed E-state index contributed by atoms with van der Waals surface area (Å²) in [5.74, 6) is 0.163. The second-order valence-electron chi connectivity index (χ2n) is 5.58. The van der Waals surface area contributed by atoms with Crippen LogP contribution in [0.3, 0.4) is 0 Å². The van der Waals surface area contributed by atoms with Crippen LogP contribution in [0.15, 0.2) is 39.8 Å². The van der Waals surface area contributed by atoms with Crippen molar-refractivity contribution in [1.82, 2.24) is 5.16 Å². The van der Waals surface area contributed by atoms with E-state index in [9.17, 15) is 18.0 Å². The quantitative estimate of drug-likeness (QED) is 0.734. The van der Waals surface area contributed by atoms with Crippen LogP contribution >= 0.6 is 11.8 Å². The van der Waals surface area contributed by atoms with Crippen LogP contribution in [-0.4, -0.2) is 42.6 Å². The lowest BCUT2D eigenvalue weighted by Crippen LogP contribution is -2.25. The zero-order valence-electron chi connectivity index (χ0n) is 14.5. The van der Waals surface area contributed by atoms with Crippen molar-refractivity contribution in [2.45, 2.75) is 24.0 Å². The van der Waals surface area contributed by atoms with Gasteiger partial charge >= 0.3 is 0 Å². The first-order valence-corrected chi connectivity index (χ1v) is 10.6. The molecule has 140 valence electrons. The number of sulfone groups is 1. The fraction of sp³-hybridized carbons (Fsp3) is 0.312. The van der Waals surface area contributed by atoms with Gasteiger partial charge in [-0.2, -0.15) is 0 Å². The zero-order chi connectivity index (χ0) is 19.3. The highest BCUT2D eigenvalue weighted by atomic mass is 32.2. The minimum absolute atomic E-state index is 0.00940. The molecule has 0 aliphatic rings. The second-order valence-corrected chi connectivity index (χ2v) is 8.90. The number of carbonyl (C=O) groups is 2. The molecule has 1 heterocycles. The van der Waals surface area contributed by atoms with Gasteiger partial charge in [0.15, 0.2) is 15.7 Å². The van der Waals surface area contributed by atoms with Crippen molar-refractivity contribution in [3.8, 4) is 0 Å². The molecule has 0 spiro atoms. The minimum atomic E-state index is -3.46. The standard InChI is InChI=1S/C16H19N3O5S2/c1-10-8-14(19-24-10)18-16(21)11(2)25-9-15(20)17-12-6-4-5-7-13(12)26(3,22)23/h4-8,11H,9H2,1-3H3,(H,17,20)(H,18,19,21). The predicted octanol–water partition coefficient (Wildman–Crippen LogP) is 2.09. The number of nitrogens with zero attached hydrogens (tertiary/aromatic N) is 1. The average molecular weight is 397 g/mol. The molecule has 0 fully saturated rings. The number of thioether (sulfide) groups is 1. The molecular formula is C16H19N3O5S2. The molecule has 0 saturated carbocycles. The fourth-order valence-electron chi connectivity index (χ4n) is 2.01. The van der Waals surface area contributed by atoms with E-state index in [1.807, 2.05) is 0 Å².